The lowest BCUT2D eigenvalue weighted by Crippen LogP contribution is -2.03. The van der Waals surface area contributed by atoms with Crippen LogP contribution in [-0.4, -0.2) is 24.2 Å². The van der Waals surface area contributed by atoms with Gasteiger partial charge in [-0.1, -0.05) is 18.2 Å². The Labute approximate surface area is 106 Å². The third-order valence-corrected chi connectivity index (χ3v) is 2.55. The van der Waals surface area contributed by atoms with Crippen LogP contribution in [0, 0.1) is 0 Å². The first-order valence-electron chi connectivity index (χ1n) is 5.52. The van der Waals surface area contributed by atoms with Gasteiger partial charge in [0.25, 0.3) is 0 Å². The smallest absolute Gasteiger partial charge is 0.220 e. The predicted octanol–water partition coefficient (Wildman–Crippen LogP) is 1.67. The fourth-order valence-corrected chi connectivity index (χ4v) is 1.60. The summed E-state index contributed by atoms with van der Waals surface area (Å²) in [6.07, 6.45) is 0.542. The Hall–Kier alpha value is -2.30. The molecule has 0 atom stereocenters. The molecule has 18 heavy (non-hydrogen) atoms. The van der Waals surface area contributed by atoms with Gasteiger partial charge >= 0.3 is 0 Å². The van der Waals surface area contributed by atoms with Crippen LogP contribution in [0.15, 0.2) is 30.3 Å². The zero-order chi connectivity index (χ0) is 13.0. The fraction of sp³-hybridized carbons (Fsp3) is 0.231. The lowest BCUT2D eigenvalue weighted by atomic mass is 10.1. The maximum absolute atomic E-state index is 5.89. The van der Waals surface area contributed by atoms with Crippen molar-refractivity contribution in [3.63, 3.8) is 0 Å². The Bertz CT molecular complexity index is 521. The Morgan fingerprint density at radius 1 is 1.06 bits per heavy atom. The van der Waals surface area contributed by atoms with Gasteiger partial charge in [0.15, 0.2) is 0 Å². The van der Waals surface area contributed by atoms with Crippen molar-refractivity contribution in [3.8, 4) is 11.8 Å². The molecule has 2 aromatic rings. The normalized spacial score (nSPS) is 10.1. The number of rotatable bonds is 4. The van der Waals surface area contributed by atoms with E-state index in [1.165, 1.54) is 0 Å². The molecular weight excluding hydrogens is 230 g/mol. The monoisotopic (exact) mass is 245 g/mol. The summed E-state index contributed by atoms with van der Waals surface area (Å²) in [5, 5.41) is 0. The number of methoxy groups -OCH3 is 2. The third-order valence-electron chi connectivity index (χ3n) is 2.55. The number of nitrogens with zero attached hydrogens (tertiary/aromatic N) is 2. The summed E-state index contributed by atoms with van der Waals surface area (Å²) in [4.78, 5) is 8.53. The van der Waals surface area contributed by atoms with Crippen molar-refractivity contribution >= 4 is 5.69 Å². The topological polar surface area (TPSA) is 70.3 Å². The SMILES string of the molecule is COc1cc(OC)nc(Cc2ccccc2N)n1. The van der Waals surface area contributed by atoms with Gasteiger partial charge in [-0.15, -0.1) is 0 Å². The van der Waals surface area contributed by atoms with Gasteiger partial charge in [0.05, 0.1) is 20.3 Å². The number of ether oxygens (including phenoxy) is 2. The second-order valence-electron chi connectivity index (χ2n) is 3.74. The second-order valence-corrected chi connectivity index (χ2v) is 3.74. The maximum Gasteiger partial charge on any atom is 0.220 e. The fourth-order valence-electron chi connectivity index (χ4n) is 1.60. The van der Waals surface area contributed by atoms with Crippen molar-refractivity contribution in [1.82, 2.24) is 9.97 Å². The lowest BCUT2D eigenvalue weighted by molar-refractivity contribution is 0.369. The number of hydrogen-bond acceptors (Lipinski definition) is 5. The molecule has 0 bridgehead atoms. The third kappa shape index (κ3) is 2.68. The van der Waals surface area contributed by atoms with Gasteiger partial charge in [-0.25, -0.2) is 0 Å². The molecule has 5 nitrogen and oxygen atoms in total. The first-order valence-corrected chi connectivity index (χ1v) is 5.52. The molecule has 94 valence electrons. The van der Waals surface area contributed by atoms with E-state index in [0.29, 0.717) is 24.0 Å². The van der Waals surface area contributed by atoms with Crippen LogP contribution in [0.4, 0.5) is 5.69 Å². The van der Waals surface area contributed by atoms with E-state index < -0.39 is 0 Å². The zero-order valence-corrected chi connectivity index (χ0v) is 10.4. The Morgan fingerprint density at radius 3 is 2.22 bits per heavy atom. The van der Waals surface area contributed by atoms with Crippen LogP contribution in [0.5, 0.6) is 11.8 Å². The number of para-hydroxylation sites is 1. The molecule has 2 rings (SSSR count). The van der Waals surface area contributed by atoms with Crippen molar-refractivity contribution in [3.05, 3.63) is 41.7 Å². The van der Waals surface area contributed by atoms with Gasteiger partial charge in [0, 0.05) is 12.1 Å². The molecule has 1 heterocycles. The Morgan fingerprint density at radius 2 is 1.67 bits per heavy atom. The highest BCUT2D eigenvalue weighted by Crippen LogP contribution is 2.19. The van der Waals surface area contributed by atoms with E-state index in [0.717, 1.165) is 11.3 Å². The maximum atomic E-state index is 5.89. The van der Waals surface area contributed by atoms with E-state index >= 15 is 0 Å². The van der Waals surface area contributed by atoms with Crippen LogP contribution < -0.4 is 15.2 Å². The van der Waals surface area contributed by atoms with Crippen LogP contribution in [0.2, 0.25) is 0 Å². The van der Waals surface area contributed by atoms with Crippen molar-refractivity contribution in [2.24, 2.45) is 0 Å². The molecule has 1 aromatic heterocycles. The van der Waals surface area contributed by atoms with E-state index in [-0.39, 0.29) is 0 Å². The number of benzene rings is 1. The van der Waals surface area contributed by atoms with E-state index in [1.807, 2.05) is 24.3 Å². The largest absolute Gasteiger partial charge is 0.481 e. The molecule has 0 aliphatic rings. The molecule has 5 heteroatoms. The number of anilines is 1. The Balaban J connectivity index is 2.31. The molecule has 1 aromatic carbocycles. The summed E-state index contributed by atoms with van der Waals surface area (Å²) in [7, 11) is 3.12. The standard InChI is InChI=1S/C13H15N3O2/c1-17-12-8-13(18-2)16-11(15-12)7-9-5-3-4-6-10(9)14/h3-6,8H,7,14H2,1-2H3. The van der Waals surface area contributed by atoms with Crippen LogP contribution >= 0.6 is 0 Å². The first-order chi connectivity index (χ1) is 8.72. The van der Waals surface area contributed by atoms with Crippen molar-refractivity contribution < 1.29 is 9.47 Å². The number of hydrogen-bond donors (Lipinski definition) is 1. The molecule has 2 N–H and O–H groups in total. The lowest BCUT2D eigenvalue weighted by Gasteiger charge is -2.07. The van der Waals surface area contributed by atoms with Crippen molar-refractivity contribution in [2.75, 3.05) is 20.0 Å². The van der Waals surface area contributed by atoms with Gasteiger partial charge in [-0.3, -0.25) is 0 Å². The predicted molar refractivity (Wildman–Crippen MR) is 68.8 cm³/mol. The van der Waals surface area contributed by atoms with Crippen LogP contribution in [0.25, 0.3) is 0 Å². The molecule has 0 saturated heterocycles. The molecule has 0 aliphatic heterocycles. The molecule has 0 spiro atoms. The van der Waals surface area contributed by atoms with Gasteiger partial charge in [0.1, 0.15) is 5.82 Å². The van der Waals surface area contributed by atoms with Gasteiger partial charge in [-0.05, 0) is 11.6 Å². The first kappa shape index (κ1) is 12.2. The zero-order valence-electron chi connectivity index (χ0n) is 10.4. The number of nitrogens with two attached hydrogens (primary N) is 1. The van der Waals surface area contributed by atoms with Crippen LogP contribution in [-0.2, 0) is 6.42 Å². The minimum atomic E-state index is 0.478. The quantitative estimate of drug-likeness (QED) is 0.830. The summed E-state index contributed by atoms with van der Waals surface area (Å²) in [6.45, 7) is 0. The van der Waals surface area contributed by atoms with Gasteiger partial charge < -0.3 is 15.2 Å². The number of aromatic nitrogens is 2. The summed E-state index contributed by atoms with van der Waals surface area (Å²) in [5.74, 6) is 1.57. The van der Waals surface area contributed by atoms with E-state index in [2.05, 4.69) is 9.97 Å². The van der Waals surface area contributed by atoms with Crippen molar-refractivity contribution in [1.29, 1.82) is 0 Å². The van der Waals surface area contributed by atoms with E-state index in [1.54, 1.807) is 20.3 Å². The van der Waals surface area contributed by atoms with Crippen LogP contribution in [0.3, 0.4) is 0 Å². The Kier molecular flexibility index (Phi) is 3.62. The molecule has 0 fully saturated rings. The molecular formula is C13H15N3O2. The summed E-state index contributed by atoms with van der Waals surface area (Å²) >= 11 is 0. The number of nitrogen functional groups attached to an aromatic ring is 1. The average molecular weight is 245 g/mol. The van der Waals surface area contributed by atoms with E-state index in [9.17, 15) is 0 Å². The summed E-state index contributed by atoms with van der Waals surface area (Å²) in [6, 6.07) is 9.27. The molecule has 0 amide bonds. The van der Waals surface area contributed by atoms with Crippen molar-refractivity contribution in [2.45, 2.75) is 6.42 Å². The minimum Gasteiger partial charge on any atom is -0.481 e. The highest BCUT2D eigenvalue weighted by molar-refractivity contribution is 5.47. The molecule has 0 aliphatic carbocycles. The molecule has 0 radical (unpaired) electrons. The minimum absolute atomic E-state index is 0.478. The summed E-state index contributed by atoms with van der Waals surface area (Å²) in [5.41, 5.74) is 7.60. The average Bonchev–Trinajstić information content (AvgIpc) is 2.41. The molecule has 0 saturated carbocycles. The van der Waals surface area contributed by atoms with E-state index in [4.69, 9.17) is 15.2 Å². The summed E-state index contributed by atoms with van der Waals surface area (Å²) < 4.78 is 10.2. The van der Waals surface area contributed by atoms with Gasteiger partial charge in [-0.2, -0.15) is 9.97 Å². The van der Waals surface area contributed by atoms with Crippen LogP contribution in [0.1, 0.15) is 11.4 Å². The van der Waals surface area contributed by atoms with Gasteiger partial charge in [0.2, 0.25) is 11.8 Å². The second kappa shape index (κ2) is 5.35. The highest BCUT2D eigenvalue weighted by Gasteiger charge is 2.07. The molecule has 0 unspecified atom stereocenters. The highest BCUT2D eigenvalue weighted by atomic mass is 16.5.